The molecule has 0 aromatic carbocycles. The molecular weight excluding hydrogens is 272 g/mol. The van der Waals surface area contributed by atoms with Gasteiger partial charge in [-0.15, -0.1) is 0 Å². The Morgan fingerprint density at radius 3 is 2.35 bits per heavy atom. The van der Waals surface area contributed by atoms with Gasteiger partial charge in [-0.1, -0.05) is 0 Å². The lowest BCUT2D eigenvalue weighted by Gasteiger charge is -2.20. The maximum atomic E-state index is 11.5. The molecule has 10 nitrogen and oxygen atoms in total. The molecule has 2 unspecified atom stereocenters. The second kappa shape index (κ2) is 6.30. The van der Waals surface area contributed by atoms with Gasteiger partial charge in [-0.25, -0.2) is 0 Å². The van der Waals surface area contributed by atoms with E-state index < -0.39 is 54.5 Å². The summed E-state index contributed by atoms with van der Waals surface area (Å²) in [5.41, 5.74) is 8.35. The van der Waals surface area contributed by atoms with Crippen molar-refractivity contribution in [2.45, 2.75) is 31.2 Å². The Morgan fingerprint density at radius 2 is 1.95 bits per heavy atom. The fraction of sp³-hybridized carbons (Fsp3) is 0.600. The normalized spacial score (nSPS) is 23.3. The fourth-order valence-electron chi connectivity index (χ4n) is 1.34. The topological polar surface area (TPSA) is 182 Å². The molecule has 10 heteroatoms. The summed E-state index contributed by atoms with van der Waals surface area (Å²) in [7, 11) is 0. The summed E-state index contributed by atoms with van der Waals surface area (Å²) in [5, 5.41) is 15.2. The third-order valence-electron chi connectivity index (χ3n) is 2.56. The van der Waals surface area contributed by atoms with E-state index in [2.05, 4.69) is 16.4 Å². The Morgan fingerprint density at radius 1 is 1.35 bits per heavy atom. The molecule has 7 N–H and O–H groups in total. The van der Waals surface area contributed by atoms with Crippen LogP contribution in [0.4, 0.5) is 0 Å². The maximum Gasteiger partial charge on any atom is 0.278 e. The lowest BCUT2D eigenvalue weighted by Crippen LogP contribution is -2.68. The quantitative estimate of drug-likeness (QED) is 0.338. The first-order chi connectivity index (χ1) is 9.23. The van der Waals surface area contributed by atoms with Crippen molar-refractivity contribution in [2.24, 2.45) is 5.73 Å². The van der Waals surface area contributed by atoms with Crippen molar-refractivity contribution < 1.29 is 34.8 Å². The van der Waals surface area contributed by atoms with Crippen LogP contribution < -0.4 is 27.2 Å². The lowest BCUT2D eigenvalue weighted by atomic mass is 10.2. The van der Waals surface area contributed by atoms with Crippen molar-refractivity contribution >= 4 is 23.7 Å². The number of ether oxygens (including phenoxy) is 1. The molecule has 0 spiro atoms. The van der Waals surface area contributed by atoms with Crippen LogP contribution >= 0.6 is 0 Å². The molecule has 0 bridgehead atoms. The summed E-state index contributed by atoms with van der Waals surface area (Å²) in [6, 6.07) is -2.06. The monoisotopic (exact) mass is 288 g/mol. The summed E-state index contributed by atoms with van der Waals surface area (Å²) < 4.78 is 4.71. The highest BCUT2D eigenvalue weighted by molar-refractivity contribution is 5.94. The van der Waals surface area contributed by atoms with Crippen molar-refractivity contribution in [2.75, 3.05) is 6.54 Å². The van der Waals surface area contributed by atoms with E-state index in [1.807, 2.05) is 0 Å². The average molecular weight is 288 g/mol. The van der Waals surface area contributed by atoms with Crippen LogP contribution in [0.1, 0.15) is 6.92 Å². The molecule has 4 atom stereocenters. The van der Waals surface area contributed by atoms with E-state index in [-0.39, 0.29) is 0 Å². The molecule has 0 saturated carbocycles. The Kier molecular flexibility index (Phi) is 5.00. The minimum absolute atomic E-state index is 0.398. The predicted octanol–water partition coefficient (Wildman–Crippen LogP) is -5.78. The van der Waals surface area contributed by atoms with E-state index in [1.54, 1.807) is 0 Å². The largest absolute Gasteiger partial charge is 0.548 e. The molecule has 0 aliphatic carbocycles. The Labute approximate surface area is 113 Å². The van der Waals surface area contributed by atoms with Gasteiger partial charge >= 0.3 is 0 Å². The van der Waals surface area contributed by atoms with E-state index >= 15 is 0 Å². The van der Waals surface area contributed by atoms with Gasteiger partial charge in [0.05, 0.1) is 12.0 Å². The molecule has 1 heterocycles. The number of epoxide rings is 1. The standard InChI is InChI=1S/C10H16N4O6/c1-3(11)8(16)14-4(10(18)19)2-13-9(17)6-5(20-6)7(12)15/h3-6H,2,11H2,1H3,(H2,12,15)(H,13,17)(H,14,16)(H,18,19)/t3-,4-,5?,6?/m0/s1. The lowest BCUT2D eigenvalue weighted by molar-refractivity contribution is -0.398. The van der Waals surface area contributed by atoms with Gasteiger partial charge in [-0.05, 0) is 6.92 Å². The predicted molar refractivity (Wildman–Crippen MR) is 60.2 cm³/mol. The van der Waals surface area contributed by atoms with Crippen LogP contribution in [-0.2, 0) is 23.9 Å². The Hall–Kier alpha value is -2.20. The summed E-state index contributed by atoms with van der Waals surface area (Å²) in [6.07, 6.45) is -2.01. The van der Waals surface area contributed by atoms with Crippen molar-refractivity contribution in [3.8, 4) is 0 Å². The minimum atomic E-state index is -1.55. The van der Waals surface area contributed by atoms with Crippen LogP contribution in [-0.4, -0.2) is 54.5 Å². The third kappa shape index (κ3) is 4.17. The number of nitrogens with one attached hydrogen (secondary N) is 2. The van der Waals surface area contributed by atoms with E-state index in [4.69, 9.17) is 10.5 Å². The molecule has 1 aliphatic heterocycles. The number of aliphatic carboxylic acids is 1. The van der Waals surface area contributed by atoms with Gasteiger partial charge in [0.1, 0.15) is 0 Å². The summed E-state index contributed by atoms with van der Waals surface area (Å²) in [6.45, 7) is 1.08. The molecule has 3 amide bonds. The van der Waals surface area contributed by atoms with E-state index in [0.29, 0.717) is 0 Å². The van der Waals surface area contributed by atoms with Crippen molar-refractivity contribution in [1.82, 2.24) is 10.6 Å². The van der Waals surface area contributed by atoms with Gasteiger partial charge in [0.2, 0.25) is 5.91 Å². The van der Waals surface area contributed by atoms with Gasteiger partial charge in [0.15, 0.2) is 18.2 Å². The zero-order valence-electron chi connectivity index (χ0n) is 10.8. The van der Waals surface area contributed by atoms with E-state index in [0.717, 1.165) is 0 Å². The zero-order valence-corrected chi connectivity index (χ0v) is 10.8. The van der Waals surface area contributed by atoms with Crippen LogP contribution in [0, 0.1) is 0 Å². The summed E-state index contributed by atoms with van der Waals surface area (Å²) in [5.74, 6) is -3.61. The fourth-order valence-corrected chi connectivity index (χ4v) is 1.34. The number of quaternary nitrogens is 1. The number of hydrogen-bond donors (Lipinski definition) is 4. The van der Waals surface area contributed by atoms with Gasteiger partial charge in [-0.3, -0.25) is 14.4 Å². The molecule has 1 rings (SSSR count). The number of hydrogen-bond acceptors (Lipinski definition) is 6. The highest BCUT2D eigenvalue weighted by Crippen LogP contribution is 2.21. The molecular formula is C10H16N4O6. The van der Waals surface area contributed by atoms with Crippen LogP contribution in [0.5, 0.6) is 0 Å². The SMILES string of the molecule is C[C@H]([NH3+])C(=O)N[C@@H](CNC(=O)C1OC1C(N)=O)C(=O)[O-]. The second-order valence-electron chi connectivity index (χ2n) is 4.41. The highest BCUT2D eigenvalue weighted by Gasteiger charge is 2.49. The number of carboxylic acid groups (broad SMARTS) is 1. The van der Waals surface area contributed by atoms with Crippen LogP contribution in [0.2, 0.25) is 0 Å². The summed E-state index contributed by atoms with van der Waals surface area (Å²) in [4.78, 5) is 44.3. The highest BCUT2D eigenvalue weighted by atomic mass is 16.6. The Bertz CT molecular complexity index is 437. The van der Waals surface area contributed by atoms with E-state index in [1.165, 1.54) is 6.92 Å². The number of rotatable bonds is 7. The molecule has 1 saturated heterocycles. The smallest absolute Gasteiger partial charge is 0.278 e. The molecule has 0 aromatic heterocycles. The molecule has 20 heavy (non-hydrogen) atoms. The molecule has 1 fully saturated rings. The first-order valence-electron chi connectivity index (χ1n) is 5.80. The third-order valence-corrected chi connectivity index (χ3v) is 2.56. The molecule has 112 valence electrons. The summed E-state index contributed by atoms with van der Waals surface area (Å²) >= 11 is 0. The van der Waals surface area contributed by atoms with Crippen molar-refractivity contribution in [3.05, 3.63) is 0 Å². The van der Waals surface area contributed by atoms with Crippen LogP contribution in [0.25, 0.3) is 0 Å². The number of carbonyl (C=O) groups is 4. The van der Waals surface area contributed by atoms with Crippen LogP contribution in [0.15, 0.2) is 0 Å². The molecule has 0 radical (unpaired) electrons. The second-order valence-corrected chi connectivity index (χ2v) is 4.41. The molecule has 0 aromatic rings. The maximum absolute atomic E-state index is 11.5. The number of primary amides is 1. The number of carboxylic acids is 1. The average Bonchev–Trinajstić information content (AvgIpc) is 3.13. The van der Waals surface area contributed by atoms with Crippen molar-refractivity contribution in [3.63, 3.8) is 0 Å². The van der Waals surface area contributed by atoms with Gasteiger partial charge in [0, 0.05) is 6.54 Å². The van der Waals surface area contributed by atoms with Gasteiger partial charge in [0.25, 0.3) is 11.8 Å². The first kappa shape index (κ1) is 15.9. The van der Waals surface area contributed by atoms with Crippen molar-refractivity contribution in [1.29, 1.82) is 0 Å². The number of nitrogens with two attached hydrogens (primary N) is 1. The molecule has 1 aliphatic rings. The van der Waals surface area contributed by atoms with E-state index in [9.17, 15) is 24.3 Å². The minimum Gasteiger partial charge on any atom is -0.548 e. The number of carbonyl (C=O) groups excluding carboxylic acids is 4. The Balaban J connectivity index is 2.44. The van der Waals surface area contributed by atoms with Gasteiger partial charge in [-0.2, -0.15) is 0 Å². The number of amides is 3. The van der Waals surface area contributed by atoms with Crippen LogP contribution in [0.3, 0.4) is 0 Å². The first-order valence-corrected chi connectivity index (χ1v) is 5.80. The van der Waals surface area contributed by atoms with Gasteiger partial charge < -0.3 is 36.7 Å². The zero-order chi connectivity index (χ0) is 15.4.